The van der Waals surface area contributed by atoms with Gasteiger partial charge >= 0.3 is 0 Å². The Morgan fingerprint density at radius 3 is 1.04 bits per heavy atom. The minimum atomic E-state index is -0.460. The maximum Gasteiger partial charge on any atom is 0.160 e. The van der Waals surface area contributed by atoms with Crippen molar-refractivity contribution < 1.29 is 6.85 Å². The molecule has 22 rings (SSSR count). The zero-order valence-corrected chi connectivity index (χ0v) is 63.6. The van der Waals surface area contributed by atoms with Crippen molar-refractivity contribution in [1.82, 2.24) is 44.9 Å². The average Bonchev–Trinajstić information content (AvgIpc) is 0.743. The number of nitrogens with zero attached hydrogens (tertiary/aromatic N) is 9. The van der Waals surface area contributed by atoms with Crippen LogP contribution in [0, 0.1) is 0 Å². The quantitative estimate of drug-likeness (QED) is 0.110. The van der Waals surface area contributed by atoms with Crippen molar-refractivity contribution in [2.75, 3.05) is 0 Å². The highest BCUT2D eigenvalue weighted by atomic mass is 14.9. The Morgan fingerprint density at radius 2 is 0.568 bits per heavy atom. The number of fused-ring (bicyclic) bond motifs is 10. The monoisotopic (exact) mass is 1510 g/mol. The largest absolute Gasteiger partial charge is 0.264 e. The van der Waals surface area contributed by atoms with E-state index in [1.807, 2.05) is 140 Å². The summed E-state index contributed by atoms with van der Waals surface area (Å²) < 4.78 is 41.8. The van der Waals surface area contributed by atoms with Gasteiger partial charge < -0.3 is 0 Å². The van der Waals surface area contributed by atoms with Crippen LogP contribution in [0.15, 0.2) is 431 Å². The molecule has 0 amide bonds. The SMILES string of the molecule is [2H]c1c([2H])c([2H])c(-c2nc(-c3ccc(-c4ccccc4)nc3)c3cc(-c4ccccc4)c4ccccc4c3n2)c([2H])c1[2H].c1ccc(-c2cc3c(-c4ccccc4)nc(-c4cccc(-c5cccnc5)c4)nc3c3ccccc23)cc1.c1ccc(-c2nc(-c3ccccc3)c3cc(-c4ccc(-c5ccnc6ccccc56)cc4)c4ccccc4c3n2)cc1. The zero-order valence-electron chi connectivity index (χ0n) is 68.6. The topological polar surface area (TPSA) is 116 Å². The van der Waals surface area contributed by atoms with Crippen LogP contribution in [-0.2, 0) is 0 Å². The molecule has 16 aromatic carbocycles. The molecule has 118 heavy (non-hydrogen) atoms. The first-order chi connectivity index (χ1) is 60.6. The van der Waals surface area contributed by atoms with Crippen LogP contribution in [0.25, 0.3) is 211 Å². The maximum atomic E-state index is 8.62. The van der Waals surface area contributed by atoms with Gasteiger partial charge in [-0.15, -0.1) is 0 Å². The van der Waals surface area contributed by atoms with Crippen molar-refractivity contribution in [1.29, 1.82) is 0 Å². The fraction of sp³-hybridized carbons (Fsp3) is 0. The second-order valence-electron chi connectivity index (χ2n) is 28.7. The lowest BCUT2D eigenvalue weighted by Gasteiger charge is -2.15. The summed E-state index contributed by atoms with van der Waals surface area (Å²) in [6.45, 7) is 0. The van der Waals surface area contributed by atoms with Crippen LogP contribution in [0.4, 0.5) is 0 Å². The zero-order chi connectivity index (χ0) is 82.9. The third kappa shape index (κ3) is 14.1. The first-order valence-corrected chi connectivity index (χ1v) is 39.1. The van der Waals surface area contributed by atoms with Crippen molar-refractivity contribution >= 4 is 75.9 Å². The van der Waals surface area contributed by atoms with Crippen molar-refractivity contribution in [3.8, 4) is 135 Å². The molecule has 0 fully saturated rings. The molecule has 0 atom stereocenters. The first-order valence-electron chi connectivity index (χ1n) is 41.6. The summed E-state index contributed by atoms with van der Waals surface area (Å²) in [5.74, 6) is 1.50. The van der Waals surface area contributed by atoms with Crippen molar-refractivity contribution in [3.63, 3.8) is 0 Å². The van der Waals surface area contributed by atoms with E-state index in [0.717, 1.165) is 149 Å². The Bertz CT molecular complexity index is 7730. The number of benzene rings is 16. The predicted octanol–water partition coefficient (Wildman–Crippen LogP) is 27.7. The molecule has 22 aromatic rings. The van der Waals surface area contributed by atoms with Gasteiger partial charge in [0.1, 0.15) is 0 Å². The normalized spacial score (nSPS) is 11.8. The molecule has 0 saturated carbocycles. The fourth-order valence-electron chi connectivity index (χ4n) is 15.9. The van der Waals surface area contributed by atoms with Crippen molar-refractivity contribution in [2.24, 2.45) is 0 Å². The highest BCUT2D eigenvalue weighted by Gasteiger charge is 2.22. The fourth-order valence-corrected chi connectivity index (χ4v) is 15.9. The van der Waals surface area contributed by atoms with Crippen LogP contribution in [0.5, 0.6) is 0 Å². The molecule has 552 valence electrons. The van der Waals surface area contributed by atoms with Gasteiger partial charge in [-0.25, -0.2) is 29.9 Å². The number of pyridine rings is 3. The van der Waals surface area contributed by atoms with Gasteiger partial charge in [0, 0.05) is 107 Å². The molecule has 0 aliphatic heterocycles. The van der Waals surface area contributed by atoms with E-state index >= 15 is 0 Å². The van der Waals surface area contributed by atoms with Gasteiger partial charge in [-0.1, -0.05) is 352 Å². The molecule has 0 bridgehead atoms. The summed E-state index contributed by atoms with van der Waals surface area (Å²) in [5, 5.41) is 10.4. The Morgan fingerprint density at radius 1 is 0.195 bits per heavy atom. The second-order valence-corrected chi connectivity index (χ2v) is 28.7. The lowest BCUT2D eigenvalue weighted by Crippen LogP contribution is -1.97. The lowest BCUT2D eigenvalue weighted by molar-refractivity contribution is 1.22. The van der Waals surface area contributed by atoms with E-state index in [4.69, 9.17) is 41.7 Å². The molecule has 9 nitrogen and oxygen atoms in total. The lowest BCUT2D eigenvalue weighted by atomic mass is 9.92. The van der Waals surface area contributed by atoms with Gasteiger partial charge in [0.25, 0.3) is 0 Å². The van der Waals surface area contributed by atoms with E-state index in [1.165, 1.54) is 33.0 Å². The minimum absolute atomic E-state index is 0.0424. The van der Waals surface area contributed by atoms with E-state index in [2.05, 4.69) is 259 Å². The van der Waals surface area contributed by atoms with E-state index in [1.54, 1.807) is 12.4 Å². The Labute approximate surface area is 689 Å². The van der Waals surface area contributed by atoms with Gasteiger partial charge in [0.15, 0.2) is 17.5 Å². The molecule has 9 heteroatoms. The van der Waals surface area contributed by atoms with Gasteiger partial charge in [0.05, 0.1) is 51.7 Å². The van der Waals surface area contributed by atoms with E-state index in [0.29, 0.717) is 17.0 Å². The third-order valence-electron chi connectivity index (χ3n) is 21.5. The highest BCUT2D eigenvalue weighted by molar-refractivity contribution is 6.18. The molecule has 0 N–H and O–H groups in total. The molecule has 6 aromatic heterocycles. The maximum absolute atomic E-state index is 8.62. The minimum Gasteiger partial charge on any atom is -0.264 e. The van der Waals surface area contributed by atoms with Crippen LogP contribution < -0.4 is 0 Å². The van der Waals surface area contributed by atoms with Crippen LogP contribution in [-0.4, -0.2) is 44.9 Å². The van der Waals surface area contributed by atoms with Crippen LogP contribution in [0.2, 0.25) is 0 Å². The Hall–Kier alpha value is -16.0. The van der Waals surface area contributed by atoms with E-state index in [-0.39, 0.29) is 23.5 Å². The molecule has 0 saturated heterocycles. The predicted molar refractivity (Wildman–Crippen MR) is 487 cm³/mol. The summed E-state index contributed by atoms with van der Waals surface area (Å²) in [6.07, 6.45) is 7.32. The summed E-state index contributed by atoms with van der Waals surface area (Å²) in [4.78, 5) is 44.1. The standard InChI is InChI=1S/C39H25N3.2C35H23N3/c1-3-11-28(12-4-1)37-35-25-34(27-21-19-26(20-22-27)30-23-24-40-36-18-10-9-16-32(30)36)31-15-7-8-17-33(31)38(35)42-39(41-37)29-13-5-2-6-14-29;1-4-12-24(13-5-1)30-22-31-33(27-20-21-32(36-23-27)25-14-6-2-7-15-25)37-35(26-16-8-3-9-17-26)38-34(31)29-19-11-10-18-28(29)30;1-3-11-24(12-4-1)31-22-32-33(25-13-5-2-6-14-25)37-35(38-34(32)30-19-8-7-18-29(30)31)27-16-9-15-26(21-27)28-17-10-20-36-23-28/h1-25H;2*1-23H/i;3D,8D,9D,16D,17D;. The molecule has 0 aliphatic rings. The molecule has 0 radical (unpaired) electrons. The number of rotatable bonds is 12. The van der Waals surface area contributed by atoms with Crippen molar-refractivity contribution in [2.45, 2.75) is 0 Å². The summed E-state index contributed by atoms with van der Waals surface area (Å²) in [5.41, 5.74) is 23.8. The summed E-state index contributed by atoms with van der Waals surface area (Å²) >= 11 is 0. The summed E-state index contributed by atoms with van der Waals surface area (Å²) in [7, 11) is 0. The second kappa shape index (κ2) is 31.9. The third-order valence-corrected chi connectivity index (χ3v) is 21.5. The molecular weight excluding hydrogens is 1440 g/mol. The number of aromatic nitrogens is 9. The first kappa shape index (κ1) is 65.6. The molecule has 0 unspecified atom stereocenters. The van der Waals surface area contributed by atoms with Gasteiger partial charge in [-0.3, -0.25) is 15.0 Å². The van der Waals surface area contributed by atoms with Crippen LogP contribution >= 0.6 is 0 Å². The van der Waals surface area contributed by atoms with E-state index in [9.17, 15) is 0 Å². The van der Waals surface area contributed by atoms with Gasteiger partial charge in [-0.05, 0) is 121 Å². The molecule has 0 aliphatic carbocycles. The molecular formula is C109H71N9. The average molecular weight is 1510 g/mol. The summed E-state index contributed by atoms with van der Waals surface area (Å²) in [6, 6.07) is 127. The molecule has 6 heterocycles. The van der Waals surface area contributed by atoms with Gasteiger partial charge in [0.2, 0.25) is 0 Å². The number of hydrogen-bond donors (Lipinski definition) is 0. The van der Waals surface area contributed by atoms with Crippen molar-refractivity contribution in [3.05, 3.63) is 431 Å². The van der Waals surface area contributed by atoms with Crippen LogP contribution in [0.3, 0.4) is 0 Å². The number of para-hydroxylation sites is 1. The highest BCUT2D eigenvalue weighted by Crippen LogP contribution is 2.44. The number of hydrogen-bond acceptors (Lipinski definition) is 9. The smallest absolute Gasteiger partial charge is 0.160 e. The Kier molecular flexibility index (Phi) is 17.7. The van der Waals surface area contributed by atoms with Gasteiger partial charge in [-0.2, -0.15) is 0 Å². The van der Waals surface area contributed by atoms with Crippen LogP contribution in [0.1, 0.15) is 6.85 Å². The molecule has 0 spiro atoms. The van der Waals surface area contributed by atoms with E-state index < -0.39 is 18.1 Å². The Balaban J connectivity index is 0.000000117.